The van der Waals surface area contributed by atoms with Gasteiger partial charge in [-0.2, -0.15) is 0 Å². The number of hydrogen-bond acceptors (Lipinski definition) is 4. The largest absolute Gasteiger partial charge is 0.445 e. The van der Waals surface area contributed by atoms with Crippen molar-refractivity contribution in [2.45, 2.75) is 46.1 Å². The maximum Gasteiger partial charge on any atom is 0.410 e. The van der Waals surface area contributed by atoms with E-state index in [1.54, 1.807) is 0 Å². The van der Waals surface area contributed by atoms with Gasteiger partial charge in [0.25, 0.3) is 5.91 Å². The molecule has 0 radical (unpaired) electrons. The van der Waals surface area contributed by atoms with Gasteiger partial charge in [0.2, 0.25) is 0 Å². The van der Waals surface area contributed by atoms with E-state index in [2.05, 4.69) is 42.2 Å². The second-order valence-electron chi connectivity index (χ2n) is 10.6. The molecule has 6 nitrogen and oxygen atoms in total. The Labute approximate surface area is 231 Å². The highest BCUT2D eigenvalue weighted by Crippen LogP contribution is 2.45. The van der Waals surface area contributed by atoms with E-state index in [1.165, 1.54) is 11.1 Å². The van der Waals surface area contributed by atoms with Crippen LogP contribution in [0.4, 0.5) is 4.79 Å². The predicted molar refractivity (Wildman–Crippen MR) is 153 cm³/mol. The molecule has 0 atom stereocenters. The summed E-state index contributed by atoms with van der Waals surface area (Å²) in [4.78, 5) is 33.9. The lowest BCUT2D eigenvalue weighted by molar-refractivity contribution is 0.0721. The number of nitrogens with zero attached hydrogens (tertiary/aromatic N) is 3. The van der Waals surface area contributed by atoms with Crippen molar-refractivity contribution in [3.05, 3.63) is 107 Å². The molecule has 1 saturated heterocycles. The quantitative estimate of drug-likeness (QED) is 0.362. The summed E-state index contributed by atoms with van der Waals surface area (Å²) in [6.07, 6.45) is 7.61. The van der Waals surface area contributed by atoms with E-state index in [0.29, 0.717) is 31.9 Å². The second kappa shape index (κ2) is 11.9. The lowest BCUT2D eigenvalue weighted by atomic mass is 9.67. The van der Waals surface area contributed by atoms with Crippen LogP contribution in [0.3, 0.4) is 0 Å². The Morgan fingerprint density at radius 1 is 0.974 bits per heavy atom. The van der Waals surface area contributed by atoms with Crippen LogP contribution >= 0.6 is 0 Å². The summed E-state index contributed by atoms with van der Waals surface area (Å²) in [5, 5.41) is 0. The molecule has 2 aromatic carbocycles. The van der Waals surface area contributed by atoms with Crippen LogP contribution in [0.1, 0.15) is 65.9 Å². The van der Waals surface area contributed by atoms with Crippen LogP contribution in [-0.2, 0) is 17.8 Å². The monoisotopic (exact) mass is 523 g/mol. The van der Waals surface area contributed by atoms with Gasteiger partial charge in [0, 0.05) is 37.9 Å². The van der Waals surface area contributed by atoms with Gasteiger partial charge in [0.15, 0.2) is 0 Å². The molecular weight excluding hydrogens is 486 g/mol. The smallest absolute Gasteiger partial charge is 0.410 e. The number of aromatic nitrogens is 1. The molecule has 1 aliphatic carbocycles. The van der Waals surface area contributed by atoms with Crippen molar-refractivity contribution in [2.24, 2.45) is 5.41 Å². The first kappa shape index (κ1) is 26.7. The Morgan fingerprint density at radius 2 is 1.72 bits per heavy atom. The number of ether oxygens (including phenoxy) is 1. The Bertz CT molecular complexity index is 1330. The number of benzene rings is 2. The van der Waals surface area contributed by atoms with Crippen molar-refractivity contribution in [3.8, 4) is 0 Å². The van der Waals surface area contributed by atoms with Gasteiger partial charge in [-0.25, -0.2) is 4.79 Å². The third-order valence-electron chi connectivity index (χ3n) is 7.98. The predicted octanol–water partition coefficient (Wildman–Crippen LogP) is 6.36. The first-order chi connectivity index (χ1) is 19.0. The Kier molecular flexibility index (Phi) is 8.10. The maximum atomic E-state index is 12.9. The van der Waals surface area contributed by atoms with E-state index in [-0.39, 0.29) is 17.4 Å². The Hall–Kier alpha value is -3.93. The van der Waals surface area contributed by atoms with Crippen LogP contribution in [0, 0.1) is 5.41 Å². The van der Waals surface area contributed by atoms with Crippen molar-refractivity contribution in [1.82, 2.24) is 14.8 Å². The molecule has 2 amide bonds. The molecule has 3 aromatic rings. The summed E-state index contributed by atoms with van der Waals surface area (Å²) in [5.74, 6) is -0.0214. The molecule has 5 rings (SSSR count). The van der Waals surface area contributed by atoms with Crippen molar-refractivity contribution in [3.63, 3.8) is 0 Å². The molecule has 39 heavy (non-hydrogen) atoms. The van der Waals surface area contributed by atoms with Gasteiger partial charge in [0.05, 0.1) is 0 Å². The SMILES string of the molecule is CCCN(CC)C(=O)c1ccc(C2=CC3(CCN(C(=O)OCc4ccccc4)CC3)Cc3ccccc32)cn1. The minimum atomic E-state index is -0.247. The summed E-state index contributed by atoms with van der Waals surface area (Å²) in [6, 6.07) is 22.2. The van der Waals surface area contributed by atoms with Crippen molar-refractivity contribution in [1.29, 1.82) is 0 Å². The van der Waals surface area contributed by atoms with Crippen LogP contribution in [0.2, 0.25) is 0 Å². The number of likely N-dealkylation sites (tertiary alicyclic amines) is 1. The third kappa shape index (κ3) is 5.90. The molecular formula is C33H37N3O3. The molecule has 6 heteroatoms. The number of carbonyl (C=O) groups excluding carboxylic acids is 2. The number of fused-ring (bicyclic) bond motifs is 1. The number of amides is 2. The van der Waals surface area contributed by atoms with Crippen LogP contribution < -0.4 is 0 Å². The van der Waals surface area contributed by atoms with Crippen LogP contribution in [0.5, 0.6) is 0 Å². The highest BCUT2D eigenvalue weighted by molar-refractivity contribution is 5.93. The normalized spacial score (nSPS) is 15.8. The topological polar surface area (TPSA) is 62.7 Å². The van der Waals surface area contributed by atoms with Gasteiger partial charge in [0.1, 0.15) is 12.3 Å². The van der Waals surface area contributed by atoms with Crippen molar-refractivity contribution in [2.75, 3.05) is 26.2 Å². The molecule has 1 aliphatic heterocycles. The molecule has 2 heterocycles. The van der Waals surface area contributed by atoms with E-state index >= 15 is 0 Å². The van der Waals surface area contributed by atoms with Gasteiger partial charge < -0.3 is 14.5 Å². The molecule has 1 aromatic heterocycles. The molecule has 0 N–H and O–H groups in total. The average Bonchev–Trinajstić information content (AvgIpc) is 2.99. The van der Waals surface area contributed by atoms with E-state index in [0.717, 1.165) is 48.9 Å². The number of piperidine rings is 1. The maximum absolute atomic E-state index is 12.9. The fraction of sp³-hybridized carbons (Fsp3) is 0.364. The number of carbonyl (C=O) groups is 2. The highest BCUT2D eigenvalue weighted by atomic mass is 16.6. The van der Waals surface area contributed by atoms with Crippen LogP contribution in [0.25, 0.3) is 5.57 Å². The number of pyridine rings is 1. The molecule has 1 spiro atoms. The van der Waals surface area contributed by atoms with Crippen molar-refractivity contribution < 1.29 is 14.3 Å². The fourth-order valence-corrected chi connectivity index (χ4v) is 5.77. The van der Waals surface area contributed by atoms with E-state index in [4.69, 9.17) is 4.74 Å². The van der Waals surface area contributed by atoms with Crippen LogP contribution in [0.15, 0.2) is 79.0 Å². The first-order valence-electron chi connectivity index (χ1n) is 14.0. The zero-order chi connectivity index (χ0) is 27.2. The van der Waals surface area contributed by atoms with Crippen molar-refractivity contribution >= 4 is 17.6 Å². The molecule has 0 saturated carbocycles. The number of rotatable bonds is 7. The number of hydrogen-bond donors (Lipinski definition) is 0. The Morgan fingerprint density at radius 3 is 2.41 bits per heavy atom. The summed E-state index contributed by atoms with van der Waals surface area (Å²) < 4.78 is 5.59. The fourth-order valence-electron chi connectivity index (χ4n) is 5.77. The van der Waals surface area contributed by atoms with E-state index in [1.807, 2.05) is 65.4 Å². The lowest BCUT2D eigenvalue weighted by Gasteiger charge is -2.42. The average molecular weight is 524 g/mol. The summed E-state index contributed by atoms with van der Waals surface area (Å²) in [6.45, 7) is 7.10. The van der Waals surface area contributed by atoms with Gasteiger partial charge in [-0.15, -0.1) is 0 Å². The standard InChI is InChI=1S/C33H37N3O3/c1-3-18-35(4-2)31(37)30-15-14-27(23-34-30)29-22-33(21-26-12-8-9-13-28(26)29)16-19-36(20-17-33)32(38)39-24-25-10-6-5-7-11-25/h5-15,22-23H,3-4,16-21,24H2,1-2H3. The van der Waals surface area contributed by atoms with Crippen LogP contribution in [-0.4, -0.2) is 53.0 Å². The summed E-state index contributed by atoms with van der Waals surface area (Å²) in [7, 11) is 0. The van der Waals surface area contributed by atoms with Gasteiger partial charge >= 0.3 is 6.09 Å². The number of allylic oxidation sites excluding steroid dienone is 1. The minimum absolute atomic E-state index is 0.0214. The zero-order valence-corrected chi connectivity index (χ0v) is 22.9. The lowest BCUT2D eigenvalue weighted by Crippen LogP contribution is -2.44. The minimum Gasteiger partial charge on any atom is -0.445 e. The molecule has 1 fully saturated rings. The van der Waals surface area contributed by atoms with E-state index < -0.39 is 0 Å². The summed E-state index contributed by atoms with van der Waals surface area (Å²) >= 11 is 0. The molecule has 0 bridgehead atoms. The Balaban J connectivity index is 1.32. The molecule has 202 valence electrons. The summed E-state index contributed by atoms with van der Waals surface area (Å²) in [5.41, 5.74) is 6.14. The molecule has 2 aliphatic rings. The zero-order valence-electron chi connectivity index (χ0n) is 22.9. The van der Waals surface area contributed by atoms with Gasteiger partial charge in [-0.3, -0.25) is 9.78 Å². The third-order valence-corrected chi connectivity index (χ3v) is 7.98. The second-order valence-corrected chi connectivity index (χ2v) is 10.6. The van der Waals surface area contributed by atoms with Gasteiger partial charge in [-0.05, 0) is 66.4 Å². The first-order valence-corrected chi connectivity index (χ1v) is 14.0. The van der Waals surface area contributed by atoms with E-state index in [9.17, 15) is 9.59 Å². The highest BCUT2D eigenvalue weighted by Gasteiger charge is 2.38. The van der Waals surface area contributed by atoms with Gasteiger partial charge in [-0.1, -0.05) is 73.7 Å². The molecule has 0 unspecified atom stereocenters.